The molecule has 2 aromatic rings. The number of piperidine rings is 1. The molecule has 8 nitrogen and oxygen atoms in total. The van der Waals surface area contributed by atoms with Crippen LogP contribution in [0.3, 0.4) is 0 Å². The second kappa shape index (κ2) is 11.3. The summed E-state index contributed by atoms with van der Waals surface area (Å²) in [6.45, 7) is 2.70. The van der Waals surface area contributed by atoms with Crippen molar-refractivity contribution in [3.63, 3.8) is 0 Å². The number of likely N-dealkylation sites (tertiary alicyclic amines) is 1. The fraction of sp³-hybridized carbons (Fsp3) is 0.483. The summed E-state index contributed by atoms with van der Waals surface area (Å²) < 4.78 is 21.9. The predicted molar refractivity (Wildman–Crippen MR) is 140 cm³/mol. The number of ether oxygens (including phenoxy) is 4. The van der Waals surface area contributed by atoms with Crippen LogP contribution in [0.4, 0.5) is 0 Å². The van der Waals surface area contributed by atoms with E-state index in [4.69, 9.17) is 18.9 Å². The van der Waals surface area contributed by atoms with Crippen LogP contribution in [-0.4, -0.2) is 61.1 Å². The summed E-state index contributed by atoms with van der Waals surface area (Å²) in [5.74, 6) is 1.67. The van der Waals surface area contributed by atoms with Gasteiger partial charge in [0.2, 0.25) is 11.7 Å². The fourth-order valence-electron chi connectivity index (χ4n) is 5.79. The standard InChI is InChI=1S/C29H37NO7/c1-5-37-23-18-20(10-11-22(23)31)27-21-8-6-7-13-29(21,33)14-15-30(27)26(32)12-9-19-16-24(34-2)28(36-4)25(17-19)35-3/h9-12,16-18,21,27,31,33H,5-8,13-15H2,1-4H3/b12-9+/t21-,27-,29-/m1/s1. The van der Waals surface area contributed by atoms with E-state index in [1.54, 1.807) is 57.7 Å². The van der Waals surface area contributed by atoms with E-state index in [1.165, 1.54) is 0 Å². The minimum Gasteiger partial charge on any atom is -0.504 e. The van der Waals surface area contributed by atoms with Crippen LogP contribution in [0.2, 0.25) is 0 Å². The molecule has 8 heteroatoms. The van der Waals surface area contributed by atoms with Crippen LogP contribution in [0.15, 0.2) is 36.4 Å². The fourth-order valence-corrected chi connectivity index (χ4v) is 5.79. The average Bonchev–Trinajstić information content (AvgIpc) is 2.91. The van der Waals surface area contributed by atoms with Gasteiger partial charge in [0.25, 0.3) is 0 Å². The van der Waals surface area contributed by atoms with E-state index in [0.29, 0.717) is 42.6 Å². The number of hydrogen-bond donors (Lipinski definition) is 2. The first-order valence-electron chi connectivity index (χ1n) is 12.8. The molecule has 1 aliphatic heterocycles. The van der Waals surface area contributed by atoms with E-state index in [0.717, 1.165) is 36.8 Å². The molecule has 2 aliphatic rings. The lowest BCUT2D eigenvalue weighted by Gasteiger charge is -2.52. The second-order valence-electron chi connectivity index (χ2n) is 9.63. The lowest BCUT2D eigenvalue weighted by atomic mass is 9.66. The van der Waals surface area contributed by atoms with Gasteiger partial charge in [-0.1, -0.05) is 18.9 Å². The smallest absolute Gasteiger partial charge is 0.247 e. The van der Waals surface area contributed by atoms with Crippen molar-refractivity contribution in [1.82, 2.24) is 4.90 Å². The maximum atomic E-state index is 13.6. The van der Waals surface area contributed by atoms with Crippen LogP contribution in [0, 0.1) is 5.92 Å². The third kappa shape index (κ3) is 5.34. The van der Waals surface area contributed by atoms with E-state index in [9.17, 15) is 15.0 Å². The van der Waals surface area contributed by atoms with Crippen molar-refractivity contribution in [3.8, 4) is 28.7 Å². The molecule has 4 rings (SSSR count). The topological polar surface area (TPSA) is 97.7 Å². The Hall–Kier alpha value is -3.39. The molecule has 0 unspecified atom stereocenters. The maximum absolute atomic E-state index is 13.6. The van der Waals surface area contributed by atoms with Gasteiger partial charge in [-0.2, -0.15) is 0 Å². The number of nitrogens with zero attached hydrogens (tertiary/aromatic N) is 1. The third-order valence-electron chi connectivity index (χ3n) is 7.58. The Bertz CT molecular complexity index is 1120. The molecule has 200 valence electrons. The quantitative estimate of drug-likeness (QED) is 0.495. The Kier molecular flexibility index (Phi) is 8.17. The van der Waals surface area contributed by atoms with Gasteiger partial charge in [-0.15, -0.1) is 0 Å². The van der Waals surface area contributed by atoms with Gasteiger partial charge in [0, 0.05) is 18.5 Å². The van der Waals surface area contributed by atoms with Crippen molar-refractivity contribution in [3.05, 3.63) is 47.5 Å². The highest BCUT2D eigenvalue weighted by Gasteiger charge is 2.50. The van der Waals surface area contributed by atoms with Crippen LogP contribution in [0.5, 0.6) is 28.7 Å². The zero-order valence-corrected chi connectivity index (χ0v) is 22.0. The summed E-state index contributed by atoms with van der Waals surface area (Å²) in [6, 6.07) is 8.46. The predicted octanol–water partition coefficient (Wildman–Crippen LogP) is 4.72. The molecule has 2 fully saturated rings. The van der Waals surface area contributed by atoms with Crippen LogP contribution < -0.4 is 18.9 Å². The summed E-state index contributed by atoms with van der Waals surface area (Å²) in [5, 5.41) is 21.8. The first-order chi connectivity index (χ1) is 17.8. The largest absolute Gasteiger partial charge is 0.504 e. The Balaban J connectivity index is 1.68. The van der Waals surface area contributed by atoms with Gasteiger partial charge in [-0.05, 0) is 67.7 Å². The van der Waals surface area contributed by atoms with E-state index in [1.807, 2.05) is 17.9 Å². The molecular weight excluding hydrogens is 474 g/mol. The van der Waals surface area contributed by atoms with Crippen molar-refractivity contribution >= 4 is 12.0 Å². The Morgan fingerprint density at radius 2 is 1.78 bits per heavy atom. The molecular formula is C29H37NO7. The number of carbonyl (C=O) groups is 1. The monoisotopic (exact) mass is 511 g/mol. The van der Waals surface area contributed by atoms with Crippen molar-refractivity contribution < 1.29 is 34.0 Å². The molecule has 1 amide bonds. The summed E-state index contributed by atoms with van der Waals surface area (Å²) in [4.78, 5) is 15.5. The van der Waals surface area contributed by atoms with Crippen molar-refractivity contribution in [2.24, 2.45) is 5.92 Å². The number of aromatic hydroxyl groups is 1. The lowest BCUT2D eigenvalue weighted by molar-refractivity contribution is -0.150. The molecule has 0 spiro atoms. The Morgan fingerprint density at radius 1 is 1.05 bits per heavy atom. The van der Waals surface area contributed by atoms with Crippen molar-refractivity contribution in [1.29, 1.82) is 0 Å². The molecule has 1 saturated carbocycles. The van der Waals surface area contributed by atoms with Gasteiger partial charge in [0.15, 0.2) is 23.0 Å². The van der Waals surface area contributed by atoms with E-state index in [2.05, 4.69) is 0 Å². The highest BCUT2D eigenvalue weighted by molar-refractivity contribution is 5.92. The van der Waals surface area contributed by atoms with Crippen LogP contribution in [0.1, 0.15) is 56.2 Å². The van der Waals surface area contributed by atoms with Gasteiger partial charge in [0.1, 0.15) is 0 Å². The van der Waals surface area contributed by atoms with E-state index in [-0.39, 0.29) is 23.6 Å². The van der Waals surface area contributed by atoms with Gasteiger partial charge < -0.3 is 34.1 Å². The molecule has 0 aromatic heterocycles. The number of phenols is 1. The normalized spacial score (nSPS) is 23.4. The molecule has 0 bridgehead atoms. The first-order valence-corrected chi connectivity index (χ1v) is 12.8. The minimum absolute atomic E-state index is 0.0560. The molecule has 2 N–H and O–H groups in total. The van der Waals surface area contributed by atoms with Gasteiger partial charge in [-0.25, -0.2) is 0 Å². The number of aliphatic hydroxyl groups is 1. The zero-order valence-electron chi connectivity index (χ0n) is 22.0. The summed E-state index contributed by atoms with van der Waals surface area (Å²) >= 11 is 0. The number of fused-ring (bicyclic) bond motifs is 1. The molecule has 2 aromatic carbocycles. The highest BCUT2D eigenvalue weighted by Crippen LogP contribution is 2.50. The van der Waals surface area contributed by atoms with E-state index >= 15 is 0 Å². The average molecular weight is 512 g/mol. The summed E-state index contributed by atoms with van der Waals surface area (Å²) in [6.07, 6.45) is 7.35. The number of phenolic OH excluding ortho intramolecular Hbond substituents is 1. The van der Waals surface area contributed by atoms with Crippen LogP contribution >= 0.6 is 0 Å². The summed E-state index contributed by atoms with van der Waals surface area (Å²) in [5.41, 5.74) is 0.763. The highest BCUT2D eigenvalue weighted by atomic mass is 16.5. The second-order valence-corrected chi connectivity index (χ2v) is 9.63. The Labute approximate surface area is 218 Å². The van der Waals surface area contributed by atoms with Gasteiger partial charge in [0.05, 0.1) is 39.6 Å². The van der Waals surface area contributed by atoms with Gasteiger partial charge in [-0.3, -0.25) is 4.79 Å². The first kappa shape index (κ1) is 26.7. The van der Waals surface area contributed by atoms with E-state index < -0.39 is 5.60 Å². The number of carbonyl (C=O) groups excluding carboxylic acids is 1. The molecule has 1 aliphatic carbocycles. The molecule has 1 heterocycles. The van der Waals surface area contributed by atoms with Gasteiger partial charge >= 0.3 is 0 Å². The number of amides is 1. The van der Waals surface area contributed by atoms with Crippen LogP contribution in [-0.2, 0) is 4.79 Å². The number of methoxy groups -OCH3 is 3. The lowest BCUT2D eigenvalue weighted by Crippen LogP contribution is -2.56. The summed E-state index contributed by atoms with van der Waals surface area (Å²) in [7, 11) is 4.64. The molecule has 1 saturated heterocycles. The maximum Gasteiger partial charge on any atom is 0.247 e. The van der Waals surface area contributed by atoms with Crippen molar-refractivity contribution in [2.75, 3.05) is 34.5 Å². The zero-order chi connectivity index (χ0) is 26.6. The number of benzene rings is 2. The third-order valence-corrected chi connectivity index (χ3v) is 7.58. The number of rotatable bonds is 8. The van der Waals surface area contributed by atoms with Crippen molar-refractivity contribution in [2.45, 2.75) is 50.7 Å². The number of hydrogen-bond acceptors (Lipinski definition) is 7. The molecule has 3 atom stereocenters. The minimum atomic E-state index is -0.816. The SMILES string of the molecule is CCOc1cc([C@@H]2[C@H]3CCCC[C@@]3(O)CCN2C(=O)/C=C/c2cc(OC)c(OC)c(OC)c2)ccc1O. The van der Waals surface area contributed by atoms with Crippen LogP contribution in [0.25, 0.3) is 6.08 Å². The molecule has 0 radical (unpaired) electrons. The Morgan fingerprint density at radius 3 is 2.43 bits per heavy atom. The molecule has 37 heavy (non-hydrogen) atoms.